The van der Waals surface area contributed by atoms with Gasteiger partial charge in [-0.05, 0) is 23.3 Å². The van der Waals surface area contributed by atoms with Crippen molar-refractivity contribution in [3.63, 3.8) is 0 Å². The van der Waals surface area contributed by atoms with E-state index in [1.54, 1.807) is 0 Å². The molecule has 3 aromatic carbocycles. The molecule has 3 aromatic rings. The number of esters is 2. The number of hydrogen-bond donors (Lipinski definition) is 1. The number of benzene rings is 3. The molecule has 0 aliphatic carbocycles. The van der Waals surface area contributed by atoms with E-state index in [1.807, 2.05) is 91.0 Å². The van der Waals surface area contributed by atoms with Gasteiger partial charge in [0.05, 0.1) is 19.0 Å². The van der Waals surface area contributed by atoms with Crippen LogP contribution in [0.25, 0.3) is 0 Å². The molecule has 1 heterocycles. The predicted molar refractivity (Wildman–Crippen MR) is 122 cm³/mol. The smallest absolute Gasteiger partial charge is 0.330 e. The molecule has 4 rings (SSSR count). The van der Waals surface area contributed by atoms with E-state index in [-0.39, 0.29) is 0 Å². The Morgan fingerprint density at radius 2 is 1.26 bits per heavy atom. The molecule has 31 heavy (non-hydrogen) atoms. The second-order valence-corrected chi connectivity index (χ2v) is 8.67. The minimum Gasteiger partial charge on any atom is -0.468 e. The van der Waals surface area contributed by atoms with Gasteiger partial charge in [0.1, 0.15) is 0 Å². The van der Waals surface area contributed by atoms with Gasteiger partial charge in [0.2, 0.25) is 0 Å². The molecule has 1 aliphatic rings. The van der Waals surface area contributed by atoms with Crippen LogP contribution in [-0.4, -0.2) is 36.9 Å². The fourth-order valence-electron chi connectivity index (χ4n) is 4.14. The van der Waals surface area contributed by atoms with Crippen LogP contribution in [0.5, 0.6) is 0 Å². The average molecular weight is 434 g/mol. The molecule has 0 unspecified atom stereocenters. The Kier molecular flexibility index (Phi) is 5.74. The maximum absolute atomic E-state index is 13.4. The van der Waals surface area contributed by atoms with Crippen LogP contribution in [-0.2, 0) is 23.8 Å². The highest BCUT2D eigenvalue weighted by Gasteiger charge is 2.81. The van der Waals surface area contributed by atoms with E-state index in [9.17, 15) is 9.59 Å². The largest absolute Gasteiger partial charge is 0.468 e. The van der Waals surface area contributed by atoms with Crippen molar-refractivity contribution in [3.05, 3.63) is 102 Å². The van der Waals surface area contributed by atoms with Gasteiger partial charge in [-0.25, -0.2) is 4.79 Å². The molecule has 1 fully saturated rings. The normalized spacial score (nSPS) is 19.7. The first-order valence-electron chi connectivity index (χ1n) is 9.89. The summed E-state index contributed by atoms with van der Waals surface area (Å²) in [6.45, 7) is 0. The zero-order valence-electron chi connectivity index (χ0n) is 17.3. The van der Waals surface area contributed by atoms with Crippen molar-refractivity contribution in [1.29, 1.82) is 0 Å². The molecule has 1 aliphatic heterocycles. The third-order valence-electron chi connectivity index (χ3n) is 5.57. The first kappa shape index (κ1) is 21.0. The molecule has 6 heteroatoms. The highest BCUT2D eigenvalue weighted by molar-refractivity contribution is 8.10. The minimum absolute atomic E-state index is 0.482. The number of ether oxygens (including phenoxy) is 2. The van der Waals surface area contributed by atoms with Crippen molar-refractivity contribution < 1.29 is 19.1 Å². The number of methoxy groups -OCH3 is 2. The van der Waals surface area contributed by atoms with Crippen molar-refractivity contribution in [1.82, 2.24) is 0 Å². The number of carbonyl (C=O) groups is 2. The first-order valence-corrected chi connectivity index (χ1v) is 10.7. The zero-order chi connectivity index (χ0) is 21.9. The third kappa shape index (κ3) is 3.37. The Morgan fingerprint density at radius 1 is 0.774 bits per heavy atom. The highest BCUT2D eigenvalue weighted by Crippen LogP contribution is 2.75. The van der Waals surface area contributed by atoms with Crippen molar-refractivity contribution in [3.8, 4) is 0 Å². The van der Waals surface area contributed by atoms with Gasteiger partial charge in [-0.2, -0.15) is 0 Å². The number of rotatable bonds is 7. The lowest BCUT2D eigenvalue weighted by atomic mass is 9.76. The lowest BCUT2D eigenvalue weighted by Gasteiger charge is -2.29. The minimum atomic E-state index is -1.26. The first-order chi connectivity index (χ1) is 15.1. The molecule has 0 amide bonds. The predicted octanol–water partition coefficient (Wildman–Crippen LogP) is 4.24. The number of nitrogens with one attached hydrogen (secondary N) is 1. The molecular formula is C25H23NO4S. The summed E-state index contributed by atoms with van der Waals surface area (Å²) in [5.41, 5.74) is 2.55. The maximum Gasteiger partial charge on any atom is 0.330 e. The van der Waals surface area contributed by atoms with E-state index in [4.69, 9.17) is 9.47 Å². The Labute approximate surface area is 185 Å². The third-order valence-corrected chi connectivity index (χ3v) is 7.50. The molecular weight excluding hydrogens is 410 g/mol. The zero-order valence-corrected chi connectivity index (χ0v) is 18.1. The van der Waals surface area contributed by atoms with Crippen LogP contribution in [0.2, 0.25) is 0 Å². The van der Waals surface area contributed by atoms with E-state index in [0.29, 0.717) is 5.69 Å². The summed E-state index contributed by atoms with van der Waals surface area (Å²) in [7, 11) is 2.67. The SMILES string of the molecule is COC(=O)[C@@H](Nc1ccccc1)[C@]1(C(=O)OC)SC1(c1ccccc1)c1ccccc1. The lowest BCUT2D eigenvalue weighted by molar-refractivity contribution is -0.150. The molecule has 0 saturated carbocycles. The molecule has 1 saturated heterocycles. The highest BCUT2D eigenvalue weighted by atomic mass is 32.2. The molecule has 2 atom stereocenters. The van der Waals surface area contributed by atoms with Crippen molar-refractivity contribution >= 4 is 29.4 Å². The summed E-state index contributed by atoms with van der Waals surface area (Å²) < 4.78 is 8.36. The fraction of sp³-hybridized carbons (Fsp3) is 0.200. The van der Waals surface area contributed by atoms with E-state index in [2.05, 4.69) is 5.32 Å². The Balaban J connectivity index is 1.92. The molecule has 1 N–H and O–H groups in total. The lowest BCUT2D eigenvalue weighted by Crippen LogP contribution is -2.52. The summed E-state index contributed by atoms with van der Waals surface area (Å²) in [5.74, 6) is -1.01. The molecule has 0 spiro atoms. The van der Waals surface area contributed by atoms with Crippen molar-refractivity contribution in [2.24, 2.45) is 0 Å². The van der Waals surface area contributed by atoms with E-state index in [0.717, 1.165) is 11.1 Å². The van der Waals surface area contributed by atoms with Gasteiger partial charge in [0, 0.05) is 5.69 Å². The van der Waals surface area contributed by atoms with Crippen LogP contribution in [0.1, 0.15) is 11.1 Å². The molecule has 0 bridgehead atoms. The quantitative estimate of drug-likeness (QED) is 0.444. The van der Waals surface area contributed by atoms with E-state index >= 15 is 0 Å². The molecule has 158 valence electrons. The van der Waals surface area contributed by atoms with Gasteiger partial charge in [-0.3, -0.25) is 4.79 Å². The van der Waals surface area contributed by atoms with Gasteiger partial charge < -0.3 is 14.8 Å². The standard InChI is InChI=1S/C25H23NO4S/c1-29-22(27)21(26-20-16-10-5-11-17-20)25(23(28)30-2)24(31-25,18-12-6-3-7-13-18)19-14-8-4-9-15-19/h3-17,21,26H,1-2H3/t21-,25-/m1/s1. The monoisotopic (exact) mass is 433 g/mol. The van der Waals surface area contributed by atoms with Gasteiger partial charge in [0.25, 0.3) is 0 Å². The molecule has 0 aromatic heterocycles. The Hall–Kier alpha value is -3.25. The summed E-state index contributed by atoms with van der Waals surface area (Å²) in [6, 6.07) is 27.8. The Bertz CT molecular complexity index is 1020. The second kappa shape index (κ2) is 8.47. The van der Waals surface area contributed by atoms with E-state index in [1.165, 1.54) is 26.0 Å². The van der Waals surface area contributed by atoms with Gasteiger partial charge in [-0.15, -0.1) is 11.8 Å². The average Bonchev–Trinajstić information content (AvgIpc) is 3.55. The van der Waals surface area contributed by atoms with Crippen LogP contribution in [0.3, 0.4) is 0 Å². The summed E-state index contributed by atoms with van der Waals surface area (Å²) in [6.07, 6.45) is 0. The van der Waals surface area contributed by atoms with Gasteiger partial charge in [-0.1, -0.05) is 78.9 Å². The van der Waals surface area contributed by atoms with Crippen LogP contribution < -0.4 is 5.32 Å². The molecule has 5 nitrogen and oxygen atoms in total. The number of para-hydroxylation sites is 1. The number of anilines is 1. The maximum atomic E-state index is 13.4. The van der Waals surface area contributed by atoms with E-state index < -0.39 is 27.5 Å². The summed E-state index contributed by atoms with van der Waals surface area (Å²) in [4.78, 5) is 26.5. The summed E-state index contributed by atoms with van der Waals surface area (Å²) in [5, 5.41) is 3.25. The second-order valence-electron chi connectivity index (χ2n) is 7.21. The van der Waals surface area contributed by atoms with Crippen LogP contribution in [0.15, 0.2) is 91.0 Å². The fourth-order valence-corrected chi connectivity index (χ4v) is 5.95. The molecule has 0 radical (unpaired) electrons. The topological polar surface area (TPSA) is 64.6 Å². The van der Waals surface area contributed by atoms with Crippen LogP contribution in [0.4, 0.5) is 5.69 Å². The van der Waals surface area contributed by atoms with Crippen LogP contribution >= 0.6 is 11.8 Å². The van der Waals surface area contributed by atoms with Gasteiger partial charge >= 0.3 is 11.9 Å². The van der Waals surface area contributed by atoms with Crippen LogP contribution in [0, 0.1) is 0 Å². The van der Waals surface area contributed by atoms with Crippen molar-refractivity contribution in [2.45, 2.75) is 15.5 Å². The van der Waals surface area contributed by atoms with Crippen molar-refractivity contribution in [2.75, 3.05) is 19.5 Å². The Morgan fingerprint density at radius 3 is 1.71 bits per heavy atom. The number of thioether (sulfide) groups is 1. The number of carbonyl (C=O) groups excluding carboxylic acids is 2. The summed E-state index contributed by atoms with van der Waals surface area (Å²) >= 11 is 1.40. The number of hydrogen-bond acceptors (Lipinski definition) is 6. The van der Waals surface area contributed by atoms with Gasteiger partial charge in [0.15, 0.2) is 10.8 Å².